The molecular weight excluding hydrogens is 340 g/mol. The van der Waals surface area contributed by atoms with Crippen molar-refractivity contribution < 1.29 is 14.3 Å². The van der Waals surface area contributed by atoms with Gasteiger partial charge in [-0.25, -0.2) is 0 Å². The van der Waals surface area contributed by atoms with E-state index in [0.717, 1.165) is 30.3 Å². The first-order valence-electron chi connectivity index (χ1n) is 8.40. The molecule has 0 atom stereocenters. The van der Waals surface area contributed by atoms with Gasteiger partial charge in [0.25, 0.3) is 5.91 Å². The van der Waals surface area contributed by atoms with Crippen LogP contribution in [0.15, 0.2) is 42.5 Å². The van der Waals surface area contributed by atoms with E-state index in [2.05, 4.69) is 4.90 Å². The molecule has 2 aliphatic heterocycles. The molecule has 1 fully saturated rings. The SMILES string of the molecule is O=C(c1cccc(Cl)c1)N1CCN(c2ccc3c(c2)OCCO3)CC1. The number of rotatable bonds is 2. The van der Waals surface area contributed by atoms with Gasteiger partial charge in [-0.15, -0.1) is 0 Å². The van der Waals surface area contributed by atoms with Crippen LogP contribution >= 0.6 is 11.6 Å². The lowest BCUT2D eigenvalue weighted by atomic mass is 10.1. The largest absolute Gasteiger partial charge is 0.486 e. The van der Waals surface area contributed by atoms with Crippen molar-refractivity contribution in [1.29, 1.82) is 0 Å². The maximum absolute atomic E-state index is 12.6. The van der Waals surface area contributed by atoms with Crippen LogP contribution in [-0.4, -0.2) is 50.2 Å². The van der Waals surface area contributed by atoms with E-state index in [-0.39, 0.29) is 5.91 Å². The van der Waals surface area contributed by atoms with Crippen molar-refractivity contribution in [3.63, 3.8) is 0 Å². The minimum Gasteiger partial charge on any atom is -0.486 e. The molecule has 0 spiro atoms. The molecular formula is C19H19ClN2O3. The van der Waals surface area contributed by atoms with E-state index in [0.29, 0.717) is 36.9 Å². The molecule has 0 saturated carbocycles. The third-order valence-electron chi connectivity index (χ3n) is 4.53. The van der Waals surface area contributed by atoms with Crippen molar-refractivity contribution in [1.82, 2.24) is 4.90 Å². The van der Waals surface area contributed by atoms with E-state index in [9.17, 15) is 4.79 Å². The maximum atomic E-state index is 12.6. The van der Waals surface area contributed by atoms with Gasteiger partial charge in [0.2, 0.25) is 0 Å². The highest BCUT2D eigenvalue weighted by Gasteiger charge is 2.23. The van der Waals surface area contributed by atoms with Crippen LogP contribution in [0.4, 0.5) is 5.69 Å². The number of carbonyl (C=O) groups is 1. The quantitative estimate of drug-likeness (QED) is 0.827. The number of piperazine rings is 1. The molecule has 2 heterocycles. The Balaban J connectivity index is 1.42. The van der Waals surface area contributed by atoms with Gasteiger partial charge in [0.15, 0.2) is 11.5 Å². The molecule has 4 rings (SSSR count). The standard InChI is InChI=1S/C19H19ClN2O3/c20-15-3-1-2-14(12-15)19(23)22-8-6-21(7-9-22)16-4-5-17-18(13-16)25-11-10-24-17/h1-5,12-13H,6-11H2. The Morgan fingerprint density at radius 3 is 2.44 bits per heavy atom. The zero-order valence-corrected chi connectivity index (χ0v) is 14.5. The van der Waals surface area contributed by atoms with E-state index >= 15 is 0 Å². The van der Waals surface area contributed by atoms with Crippen LogP contribution < -0.4 is 14.4 Å². The van der Waals surface area contributed by atoms with E-state index < -0.39 is 0 Å². The second-order valence-corrected chi connectivity index (χ2v) is 6.55. The summed E-state index contributed by atoms with van der Waals surface area (Å²) >= 11 is 5.99. The molecule has 1 amide bonds. The highest BCUT2D eigenvalue weighted by molar-refractivity contribution is 6.30. The Hall–Kier alpha value is -2.40. The van der Waals surface area contributed by atoms with E-state index in [4.69, 9.17) is 21.1 Å². The number of fused-ring (bicyclic) bond motifs is 1. The van der Waals surface area contributed by atoms with Crippen LogP contribution in [0.2, 0.25) is 5.02 Å². The first-order chi connectivity index (χ1) is 12.2. The van der Waals surface area contributed by atoms with Crippen LogP contribution in [0.5, 0.6) is 11.5 Å². The van der Waals surface area contributed by atoms with Crippen LogP contribution in [-0.2, 0) is 0 Å². The van der Waals surface area contributed by atoms with E-state index in [1.165, 1.54) is 0 Å². The molecule has 2 aromatic carbocycles. The van der Waals surface area contributed by atoms with Gasteiger partial charge in [0, 0.05) is 48.5 Å². The average Bonchev–Trinajstić information content (AvgIpc) is 2.67. The monoisotopic (exact) mass is 358 g/mol. The highest BCUT2D eigenvalue weighted by atomic mass is 35.5. The first kappa shape index (κ1) is 16.1. The van der Waals surface area contributed by atoms with Crippen molar-refractivity contribution in [3.8, 4) is 11.5 Å². The predicted molar refractivity (Wildman–Crippen MR) is 97.0 cm³/mol. The molecule has 0 unspecified atom stereocenters. The van der Waals surface area contributed by atoms with E-state index in [1.54, 1.807) is 24.3 Å². The molecule has 0 aliphatic carbocycles. The van der Waals surface area contributed by atoms with Crippen molar-refractivity contribution in [2.75, 3.05) is 44.3 Å². The number of hydrogen-bond acceptors (Lipinski definition) is 4. The summed E-state index contributed by atoms with van der Waals surface area (Å²) in [6.07, 6.45) is 0. The number of ether oxygens (including phenoxy) is 2. The predicted octanol–water partition coefficient (Wildman–Crippen LogP) is 3.07. The lowest BCUT2D eigenvalue weighted by Crippen LogP contribution is -2.48. The summed E-state index contributed by atoms with van der Waals surface area (Å²) in [5.74, 6) is 1.62. The zero-order valence-electron chi connectivity index (χ0n) is 13.8. The average molecular weight is 359 g/mol. The van der Waals surface area contributed by atoms with Crippen molar-refractivity contribution in [3.05, 3.63) is 53.1 Å². The molecule has 130 valence electrons. The van der Waals surface area contributed by atoms with Gasteiger partial charge in [0.1, 0.15) is 13.2 Å². The lowest BCUT2D eigenvalue weighted by Gasteiger charge is -2.36. The molecule has 0 N–H and O–H groups in total. The zero-order chi connectivity index (χ0) is 17.2. The maximum Gasteiger partial charge on any atom is 0.254 e. The Bertz CT molecular complexity index is 788. The summed E-state index contributed by atoms with van der Waals surface area (Å²) < 4.78 is 11.2. The molecule has 0 radical (unpaired) electrons. The fraction of sp³-hybridized carbons (Fsp3) is 0.316. The lowest BCUT2D eigenvalue weighted by molar-refractivity contribution is 0.0746. The second-order valence-electron chi connectivity index (χ2n) is 6.12. The summed E-state index contributed by atoms with van der Waals surface area (Å²) in [7, 11) is 0. The molecule has 5 nitrogen and oxygen atoms in total. The van der Waals surface area contributed by atoms with Crippen molar-refractivity contribution in [2.45, 2.75) is 0 Å². The summed E-state index contributed by atoms with van der Waals surface area (Å²) in [5, 5.41) is 0.584. The second kappa shape index (κ2) is 6.84. The first-order valence-corrected chi connectivity index (χ1v) is 8.78. The van der Waals surface area contributed by atoms with Gasteiger partial charge in [0.05, 0.1) is 0 Å². The number of nitrogens with zero attached hydrogens (tertiary/aromatic N) is 2. The van der Waals surface area contributed by atoms with Gasteiger partial charge in [-0.05, 0) is 30.3 Å². The summed E-state index contributed by atoms with van der Waals surface area (Å²) in [4.78, 5) is 16.7. The van der Waals surface area contributed by atoms with Crippen LogP contribution in [0, 0.1) is 0 Å². The highest BCUT2D eigenvalue weighted by Crippen LogP contribution is 2.34. The van der Waals surface area contributed by atoms with Crippen molar-refractivity contribution in [2.24, 2.45) is 0 Å². The molecule has 0 aromatic heterocycles. The third kappa shape index (κ3) is 3.37. The van der Waals surface area contributed by atoms with Crippen LogP contribution in [0.3, 0.4) is 0 Å². The van der Waals surface area contributed by atoms with Gasteiger partial charge >= 0.3 is 0 Å². The Kier molecular flexibility index (Phi) is 4.40. The minimum atomic E-state index is 0.0318. The fourth-order valence-electron chi connectivity index (χ4n) is 3.20. The summed E-state index contributed by atoms with van der Waals surface area (Å²) in [6, 6.07) is 13.1. The molecule has 25 heavy (non-hydrogen) atoms. The minimum absolute atomic E-state index is 0.0318. The number of halogens is 1. The fourth-order valence-corrected chi connectivity index (χ4v) is 3.39. The molecule has 2 aliphatic rings. The molecule has 1 saturated heterocycles. The third-order valence-corrected chi connectivity index (χ3v) is 4.76. The van der Waals surface area contributed by atoms with Gasteiger partial charge in [-0.2, -0.15) is 0 Å². The summed E-state index contributed by atoms with van der Waals surface area (Å²) in [6.45, 7) is 4.10. The summed E-state index contributed by atoms with van der Waals surface area (Å²) in [5.41, 5.74) is 1.74. The number of amides is 1. The number of anilines is 1. The molecule has 2 aromatic rings. The number of benzene rings is 2. The van der Waals surface area contributed by atoms with Gasteiger partial charge in [-0.1, -0.05) is 17.7 Å². The number of hydrogen-bond donors (Lipinski definition) is 0. The van der Waals surface area contributed by atoms with E-state index in [1.807, 2.05) is 23.1 Å². The Labute approximate surface area is 151 Å². The van der Waals surface area contributed by atoms with Gasteiger partial charge < -0.3 is 19.3 Å². The smallest absolute Gasteiger partial charge is 0.254 e. The Morgan fingerprint density at radius 2 is 1.68 bits per heavy atom. The van der Waals surface area contributed by atoms with Crippen molar-refractivity contribution >= 4 is 23.2 Å². The Morgan fingerprint density at radius 1 is 0.920 bits per heavy atom. The topological polar surface area (TPSA) is 42.0 Å². The van der Waals surface area contributed by atoms with Gasteiger partial charge in [-0.3, -0.25) is 4.79 Å². The molecule has 0 bridgehead atoms. The molecule has 6 heteroatoms. The normalized spacial score (nSPS) is 16.7. The number of carbonyl (C=O) groups excluding carboxylic acids is 1. The van der Waals surface area contributed by atoms with Crippen LogP contribution in [0.25, 0.3) is 0 Å². The van der Waals surface area contributed by atoms with Crippen LogP contribution in [0.1, 0.15) is 10.4 Å².